The van der Waals surface area contributed by atoms with Crippen LogP contribution in [0.1, 0.15) is 33.3 Å². The van der Waals surface area contributed by atoms with Crippen molar-refractivity contribution in [2.45, 2.75) is 56.5 Å². The molecule has 2 rings (SSSR count). The van der Waals surface area contributed by atoms with Gasteiger partial charge in [-0.25, -0.2) is 16.8 Å². The zero-order valence-corrected chi connectivity index (χ0v) is 17.8. The van der Waals surface area contributed by atoms with E-state index in [1.807, 2.05) is 34.6 Å². The summed E-state index contributed by atoms with van der Waals surface area (Å²) in [5.41, 5.74) is 1.26. The fourth-order valence-electron chi connectivity index (χ4n) is 2.90. The Morgan fingerprint density at radius 1 is 0.741 bits per heavy atom. The van der Waals surface area contributed by atoms with Crippen LogP contribution in [0.15, 0.2) is 58.3 Å². The summed E-state index contributed by atoms with van der Waals surface area (Å²) in [5.74, 6) is 0. The van der Waals surface area contributed by atoms with Crippen molar-refractivity contribution < 1.29 is 16.8 Å². The van der Waals surface area contributed by atoms with Crippen molar-refractivity contribution >= 4 is 25.7 Å². The molecule has 0 saturated carbocycles. The number of nitrogens with one attached hydrogen (secondary N) is 1. The van der Waals surface area contributed by atoms with E-state index in [4.69, 9.17) is 0 Å². The molecule has 0 bridgehead atoms. The molecule has 0 aliphatic carbocycles. The average Bonchev–Trinajstić information content (AvgIpc) is 2.54. The lowest BCUT2D eigenvalue weighted by molar-refractivity contribution is 0.302. The number of nitrogens with zero attached hydrogens (tertiary/aromatic N) is 1. The summed E-state index contributed by atoms with van der Waals surface area (Å²) in [6, 6.07) is 11.9. The van der Waals surface area contributed by atoms with Crippen molar-refractivity contribution in [3.05, 3.63) is 54.1 Å². The highest BCUT2D eigenvalue weighted by Gasteiger charge is 2.29. The zero-order chi connectivity index (χ0) is 20.4. The highest BCUT2D eigenvalue weighted by atomic mass is 32.2. The Bertz CT molecular complexity index is 971. The molecule has 0 heterocycles. The third kappa shape index (κ3) is 4.88. The van der Waals surface area contributed by atoms with Crippen LogP contribution in [0.5, 0.6) is 0 Å². The Morgan fingerprint density at radius 3 is 1.63 bits per heavy atom. The van der Waals surface area contributed by atoms with E-state index in [2.05, 4.69) is 4.72 Å². The van der Waals surface area contributed by atoms with Crippen molar-refractivity contribution in [1.29, 1.82) is 0 Å². The van der Waals surface area contributed by atoms with Crippen molar-refractivity contribution in [1.82, 2.24) is 4.31 Å². The summed E-state index contributed by atoms with van der Waals surface area (Å²) in [5, 5.41) is 0. The summed E-state index contributed by atoms with van der Waals surface area (Å²) in [7, 11) is -7.39. The monoisotopic (exact) mass is 410 g/mol. The molecule has 1 N–H and O–H groups in total. The van der Waals surface area contributed by atoms with Crippen LogP contribution in [-0.2, 0) is 20.0 Å². The second-order valence-corrected chi connectivity index (χ2v) is 10.5. The number of sulfonamides is 2. The Hall–Kier alpha value is -1.90. The first-order chi connectivity index (χ1) is 12.4. The van der Waals surface area contributed by atoms with Gasteiger partial charge in [0.15, 0.2) is 0 Å². The first-order valence-electron chi connectivity index (χ1n) is 8.68. The van der Waals surface area contributed by atoms with Gasteiger partial charge < -0.3 is 0 Å². The molecule has 0 fully saturated rings. The van der Waals surface area contributed by atoms with Crippen LogP contribution in [0.4, 0.5) is 5.69 Å². The third-order valence-electron chi connectivity index (χ3n) is 4.03. The summed E-state index contributed by atoms with van der Waals surface area (Å²) in [4.78, 5) is 0.277. The van der Waals surface area contributed by atoms with Crippen LogP contribution in [0.3, 0.4) is 0 Å². The molecule has 0 aliphatic heterocycles. The van der Waals surface area contributed by atoms with E-state index in [0.717, 1.165) is 5.56 Å². The van der Waals surface area contributed by atoms with Crippen LogP contribution in [0, 0.1) is 6.92 Å². The molecule has 2 aromatic carbocycles. The van der Waals surface area contributed by atoms with Crippen molar-refractivity contribution in [2.75, 3.05) is 4.72 Å². The number of aryl methyl sites for hydroxylation is 1. The van der Waals surface area contributed by atoms with Gasteiger partial charge in [-0.15, -0.1) is 0 Å². The lowest BCUT2D eigenvalue weighted by atomic mass is 10.2. The van der Waals surface area contributed by atoms with E-state index >= 15 is 0 Å². The number of anilines is 1. The molecular weight excluding hydrogens is 384 g/mol. The molecule has 2 aromatic rings. The minimum absolute atomic E-state index is 0.128. The molecule has 0 aromatic heterocycles. The van der Waals surface area contributed by atoms with Gasteiger partial charge in [0, 0.05) is 17.8 Å². The van der Waals surface area contributed by atoms with Crippen molar-refractivity contribution in [2.24, 2.45) is 0 Å². The van der Waals surface area contributed by atoms with Gasteiger partial charge in [0.2, 0.25) is 10.0 Å². The molecule has 148 valence electrons. The Labute approximate surface area is 162 Å². The Balaban J connectivity index is 2.28. The molecule has 0 atom stereocenters. The van der Waals surface area contributed by atoms with Crippen LogP contribution >= 0.6 is 0 Å². The average molecular weight is 411 g/mol. The largest absolute Gasteiger partial charge is 0.280 e. The van der Waals surface area contributed by atoms with E-state index in [1.165, 1.54) is 40.7 Å². The van der Waals surface area contributed by atoms with E-state index in [1.54, 1.807) is 12.1 Å². The second-order valence-electron chi connectivity index (χ2n) is 6.97. The van der Waals surface area contributed by atoms with Crippen molar-refractivity contribution in [3.63, 3.8) is 0 Å². The topological polar surface area (TPSA) is 83.5 Å². The number of benzene rings is 2. The maximum Gasteiger partial charge on any atom is 0.261 e. The summed E-state index contributed by atoms with van der Waals surface area (Å²) < 4.78 is 54.5. The maximum atomic E-state index is 12.9. The minimum atomic E-state index is -3.73. The zero-order valence-electron chi connectivity index (χ0n) is 16.2. The smallest absolute Gasteiger partial charge is 0.261 e. The van der Waals surface area contributed by atoms with E-state index in [0.29, 0.717) is 5.69 Å². The van der Waals surface area contributed by atoms with E-state index < -0.39 is 20.0 Å². The molecule has 27 heavy (non-hydrogen) atoms. The highest BCUT2D eigenvalue weighted by molar-refractivity contribution is 7.92. The molecule has 0 amide bonds. The van der Waals surface area contributed by atoms with Gasteiger partial charge in [-0.2, -0.15) is 4.31 Å². The van der Waals surface area contributed by atoms with Crippen LogP contribution in [-0.4, -0.2) is 33.2 Å². The first kappa shape index (κ1) is 21.4. The quantitative estimate of drug-likeness (QED) is 0.756. The Kier molecular flexibility index (Phi) is 6.34. The highest BCUT2D eigenvalue weighted by Crippen LogP contribution is 2.23. The van der Waals surface area contributed by atoms with Crippen molar-refractivity contribution in [3.8, 4) is 0 Å². The SMILES string of the molecule is Cc1ccc(S(=O)(=O)Nc2ccc(S(=O)(=O)N(C(C)C)C(C)C)cc2)cc1. The molecule has 0 unspecified atom stereocenters. The predicted molar refractivity (Wildman–Crippen MR) is 108 cm³/mol. The minimum Gasteiger partial charge on any atom is -0.280 e. The molecule has 0 aliphatic rings. The van der Waals surface area contributed by atoms with Crippen LogP contribution < -0.4 is 4.72 Å². The third-order valence-corrected chi connectivity index (χ3v) is 7.69. The first-order valence-corrected chi connectivity index (χ1v) is 11.6. The molecule has 8 heteroatoms. The van der Waals surface area contributed by atoms with Gasteiger partial charge in [-0.1, -0.05) is 17.7 Å². The normalized spacial score (nSPS) is 12.7. The summed E-state index contributed by atoms with van der Waals surface area (Å²) >= 11 is 0. The van der Waals surface area contributed by atoms with E-state index in [-0.39, 0.29) is 21.9 Å². The molecule has 0 radical (unpaired) electrons. The predicted octanol–water partition coefficient (Wildman–Crippen LogP) is 3.60. The molecule has 0 saturated heterocycles. The van der Waals surface area contributed by atoms with Crippen LogP contribution in [0.25, 0.3) is 0 Å². The van der Waals surface area contributed by atoms with E-state index in [9.17, 15) is 16.8 Å². The second kappa shape index (κ2) is 8.00. The fourth-order valence-corrected chi connectivity index (χ4v) is 5.79. The van der Waals surface area contributed by atoms with Crippen LogP contribution in [0.2, 0.25) is 0 Å². The maximum absolute atomic E-state index is 12.9. The van der Waals surface area contributed by atoms with Gasteiger partial charge >= 0.3 is 0 Å². The fraction of sp³-hybridized carbons (Fsp3) is 0.368. The number of rotatable bonds is 7. The molecular formula is C19H26N2O4S2. The number of hydrogen-bond acceptors (Lipinski definition) is 4. The Morgan fingerprint density at radius 2 is 1.19 bits per heavy atom. The van der Waals surface area contributed by atoms with Gasteiger partial charge in [-0.3, -0.25) is 4.72 Å². The number of hydrogen-bond donors (Lipinski definition) is 1. The van der Waals surface area contributed by atoms with Gasteiger partial charge in [0.05, 0.1) is 9.79 Å². The lowest BCUT2D eigenvalue weighted by Crippen LogP contribution is -2.41. The lowest BCUT2D eigenvalue weighted by Gasteiger charge is -2.29. The standard InChI is InChI=1S/C19H26N2O4S2/c1-14(2)21(15(3)4)27(24,25)19-12-8-17(9-13-19)20-26(22,23)18-10-6-16(5)7-11-18/h6-15,20H,1-5H3. The van der Waals surface area contributed by atoms with Gasteiger partial charge in [0.25, 0.3) is 10.0 Å². The van der Waals surface area contributed by atoms with Gasteiger partial charge in [0.1, 0.15) is 0 Å². The summed E-state index contributed by atoms with van der Waals surface area (Å²) in [6.07, 6.45) is 0. The summed E-state index contributed by atoms with van der Waals surface area (Å²) in [6.45, 7) is 9.16. The van der Waals surface area contributed by atoms with Gasteiger partial charge in [-0.05, 0) is 71.0 Å². The molecule has 6 nitrogen and oxygen atoms in total. The molecule has 0 spiro atoms.